The third-order valence-corrected chi connectivity index (χ3v) is 4.48. The summed E-state index contributed by atoms with van der Waals surface area (Å²) in [6.45, 7) is 10.7. The summed E-state index contributed by atoms with van der Waals surface area (Å²) in [5.74, 6) is -2.25. The fourth-order valence-corrected chi connectivity index (χ4v) is 2.66. The number of hydrogen-bond donors (Lipinski definition) is 4. The average Bonchev–Trinajstić information content (AvgIpc) is 2.70. The van der Waals surface area contributed by atoms with E-state index in [1.165, 1.54) is 6.08 Å². The normalized spacial score (nSPS) is 12.9. The molecule has 0 heterocycles. The van der Waals surface area contributed by atoms with E-state index >= 15 is 0 Å². The number of nitrogens with one attached hydrogen (secondary N) is 3. The van der Waals surface area contributed by atoms with Crippen molar-refractivity contribution in [3.8, 4) is 0 Å². The summed E-state index contributed by atoms with van der Waals surface area (Å²) in [6, 6.07) is 7.78. The van der Waals surface area contributed by atoms with Crippen LogP contribution in [0.2, 0.25) is 0 Å². The van der Waals surface area contributed by atoms with Crippen molar-refractivity contribution in [2.24, 2.45) is 5.41 Å². The Kier molecular flexibility index (Phi) is 10.8. The van der Waals surface area contributed by atoms with Crippen LogP contribution in [-0.4, -0.2) is 47.2 Å². The van der Waals surface area contributed by atoms with Gasteiger partial charge in [-0.1, -0.05) is 51.1 Å². The molecule has 0 unspecified atom stereocenters. The van der Waals surface area contributed by atoms with Crippen LogP contribution < -0.4 is 16.0 Å². The maximum absolute atomic E-state index is 12.9. The summed E-state index contributed by atoms with van der Waals surface area (Å²) in [5.41, 5.74) is -0.703. The van der Waals surface area contributed by atoms with E-state index < -0.39 is 35.0 Å². The Morgan fingerprint density at radius 1 is 1.00 bits per heavy atom. The average molecular weight is 476 g/mol. The fraction of sp³-hybridized carbons (Fsp3) is 0.520. The lowest BCUT2D eigenvalue weighted by Crippen LogP contribution is -2.45. The van der Waals surface area contributed by atoms with Crippen LogP contribution in [0.1, 0.15) is 66.4 Å². The molecule has 1 rings (SSSR count). The van der Waals surface area contributed by atoms with E-state index in [9.17, 15) is 24.3 Å². The van der Waals surface area contributed by atoms with Crippen LogP contribution in [-0.2, 0) is 19.1 Å². The summed E-state index contributed by atoms with van der Waals surface area (Å²) in [6.07, 6.45) is 2.07. The first kappa shape index (κ1) is 28.7. The van der Waals surface area contributed by atoms with Crippen molar-refractivity contribution in [2.75, 3.05) is 6.54 Å². The minimum atomic E-state index is -1.19. The molecule has 1 atom stereocenters. The Labute approximate surface area is 201 Å². The van der Waals surface area contributed by atoms with Gasteiger partial charge in [-0.2, -0.15) is 0 Å². The van der Waals surface area contributed by atoms with Gasteiger partial charge in [-0.3, -0.25) is 9.59 Å². The standard InChI is InChI=1S/C25H37N3O6/c1-24(2,3)22(32)28-19(16-17-12-8-7-9-13-17)20(29)27-18(21(30)31)14-10-11-15-26-23(33)34-25(4,5)6/h7-9,12-13,16,18H,10-11,14-15H2,1-6H3,(H,26,33)(H,27,29)(H,28,32)(H,30,31)/b19-16-/t18-/m0/s1. The molecule has 34 heavy (non-hydrogen) atoms. The van der Waals surface area contributed by atoms with E-state index in [0.717, 1.165) is 0 Å². The summed E-state index contributed by atoms with van der Waals surface area (Å²) < 4.78 is 5.14. The highest BCUT2D eigenvalue weighted by molar-refractivity contribution is 6.03. The Morgan fingerprint density at radius 2 is 1.62 bits per heavy atom. The summed E-state index contributed by atoms with van der Waals surface area (Å²) in [5, 5.41) is 17.3. The van der Waals surface area contributed by atoms with Crippen LogP contribution in [0, 0.1) is 5.41 Å². The van der Waals surface area contributed by atoms with Gasteiger partial charge in [-0.05, 0) is 51.7 Å². The molecule has 0 aliphatic rings. The van der Waals surface area contributed by atoms with E-state index in [0.29, 0.717) is 24.9 Å². The van der Waals surface area contributed by atoms with Crippen LogP contribution >= 0.6 is 0 Å². The largest absolute Gasteiger partial charge is 0.480 e. The zero-order chi connectivity index (χ0) is 25.9. The van der Waals surface area contributed by atoms with Crippen molar-refractivity contribution < 1.29 is 29.0 Å². The van der Waals surface area contributed by atoms with Crippen LogP contribution in [0.4, 0.5) is 4.79 Å². The lowest BCUT2D eigenvalue weighted by molar-refractivity contribution is -0.141. The number of rotatable bonds is 10. The van der Waals surface area contributed by atoms with E-state index in [-0.39, 0.29) is 18.0 Å². The highest BCUT2D eigenvalue weighted by Crippen LogP contribution is 2.15. The first-order chi connectivity index (χ1) is 15.7. The molecule has 0 aliphatic heterocycles. The van der Waals surface area contributed by atoms with Gasteiger partial charge in [0.2, 0.25) is 5.91 Å². The Morgan fingerprint density at radius 3 is 2.15 bits per heavy atom. The second-order valence-corrected chi connectivity index (χ2v) is 9.96. The van der Waals surface area contributed by atoms with E-state index in [1.54, 1.807) is 65.8 Å². The highest BCUT2D eigenvalue weighted by atomic mass is 16.6. The molecule has 188 valence electrons. The number of ether oxygens (including phenoxy) is 1. The minimum absolute atomic E-state index is 0.0380. The predicted octanol–water partition coefficient (Wildman–Crippen LogP) is 3.45. The maximum Gasteiger partial charge on any atom is 0.407 e. The molecule has 0 saturated heterocycles. The SMILES string of the molecule is CC(C)(C)OC(=O)NCCCC[C@H](NC(=O)/C(=C/c1ccccc1)NC(=O)C(C)(C)C)C(=O)O. The highest BCUT2D eigenvalue weighted by Gasteiger charge is 2.26. The number of carboxylic acids is 1. The van der Waals surface area contributed by atoms with Crippen LogP contribution in [0.15, 0.2) is 36.0 Å². The van der Waals surface area contributed by atoms with Crippen molar-refractivity contribution >= 4 is 30.0 Å². The van der Waals surface area contributed by atoms with E-state index in [2.05, 4.69) is 16.0 Å². The minimum Gasteiger partial charge on any atom is -0.480 e. The third-order valence-electron chi connectivity index (χ3n) is 4.48. The molecule has 0 aliphatic carbocycles. The Balaban J connectivity index is 2.77. The zero-order valence-corrected chi connectivity index (χ0v) is 20.9. The number of aliphatic carboxylic acids is 1. The molecule has 0 saturated carbocycles. The number of amides is 3. The molecule has 9 nitrogen and oxygen atoms in total. The summed E-state index contributed by atoms with van der Waals surface area (Å²) >= 11 is 0. The number of carbonyl (C=O) groups excluding carboxylic acids is 3. The molecular formula is C25H37N3O6. The Hall–Kier alpha value is -3.36. The molecule has 1 aromatic carbocycles. The molecule has 0 spiro atoms. The first-order valence-corrected chi connectivity index (χ1v) is 11.3. The maximum atomic E-state index is 12.9. The predicted molar refractivity (Wildman–Crippen MR) is 130 cm³/mol. The topological polar surface area (TPSA) is 134 Å². The number of alkyl carbamates (subject to hydrolysis) is 1. The summed E-state index contributed by atoms with van der Waals surface area (Å²) in [7, 11) is 0. The molecule has 0 bridgehead atoms. The number of unbranched alkanes of at least 4 members (excludes halogenated alkanes) is 1. The van der Waals surface area contributed by atoms with Crippen molar-refractivity contribution in [3.05, 3.63) is 41.6 Å². The molecule has 1 aromatic rings. The van der Waals surface area contributed by atoms with Crippen LogP contribution in [0.25, 0.3) is 6.08 Å². The van der Waals surface area contributed by atoms with Gasteiger partial charge < -0.3 is 25.8 Å². The number of benzene rings is 1. The van der Waals surface area contributed by atoms with Gasteiger partial charge in [0.1, 0.15) is 17.3 Å². The monoisotopic (exact) mass is 475 g/mol. The zero-order valence-electron chi connectivity index (χ0n) is 20.9. The van der Waals surface area contributed by atoms with Gasteiger partial charge in [0.15, 0.2) is 0 Å². The van der Waals surface area contributed by atoms with Gasteiger partial charge in [-0.15, -0.1) is 0 Å². The van der Waals surface area contributed by atoms with E-state index in [1.807, 2.05) is 6.07 Å². The van der Waals surface area contributed by atoms with Gasteiger partial charge in [0.05, 0.1) is 0 Å². The number of carbonyl (C=O) groups is 4. The third kappa shape index (κ3) is 11.5. The number of hydrogen-bond acceptors (Lipinski definition) is 5. The van der Waals surface area contributed by atoms with Crippen molar-refractivity contribution in [2.45, 2.75) is 72.4 Å². The number of carboxylic acid groups (broad SMARTS) is 1. The van der Waals surface area contributed by atoms with Gasteiger partial charge in [0.25, 0.3) is 5.91 Å². The van der Waals surface area contributed by atoms with Crippen LogP contribution in [0.5, 0.6) is 0 Å². The molecule has 3 amide bonds. The summed E-state index contributed by atoms with van der Waals surface area (Å²) in [4.78, 5) is 48.8. The molecule has 0 aromatic heterocycles. The van der Waals surface area contributed by atoms with Gasteiger partial charge in [-0.25, -0.2) is 9.59 Å². The Bertz CT molecular complexity index is 882. The lowest BCUT2D eigenvalue weighted by atomic mass is 9.95. The first-order valence-electron chi connectivity index (χ1n) is 11.3. The van der Waals surface area contributed by atoms with Crippen LogP contribution in [0.3, 0.4) is 0 Å². The van der Waals surface area contributed by atoms with Crippen molar-refractivity contribution in [3.63, 3.8) is 0 Å². The van der Waals surface area contributed by atoms with Crippen molar-refractivity contribution in [1.82, 2.24) is 16.0 Å². The quantitative estimate of drug-likeness (QED) is 0.302. The van der Waals surface area contributed by atoms with Gasteiger partial charge >= 0.3 is 12.1 Å². The molecule has 4 N–H and O–H groups in total. The fourth-order valence-electron chi connectivity index (χ4n) is 2.66. The van der Waals surface area contributed by atoms with E-state index in [4.69, 9.17) is 4.74 Å². The molecule has 0 radical (unpaired) electrons. The smallest absolute Gasteiger partial charge is 0.407 e. The second-order valence-electron chi connectivity index (χ2n) is 9.96. The lowest BCUT2D eigenvalue weighted by Gasteiger charge is -2.21. The van der Waals surface area contributed by atoms with Crippen molar-refractivity contribution in [1.29, 1.82) is 0 Å². The molecule has 9 heteroatoms. The molecular weight excluding hydrogens is 438 g/mol. The molecule has 0 fully saturated rings. The second kappa shape index (κ2) is 12.8. The van der Waals surface area contributed by atoms with Gasteiger partial charge in [0, 0.05) is 12.0 Å².